The zero-order chi connectivity index (χ0) is 13.9. The Labute approximate surface area is 117 Å². The Balaban J connectivity index is 1.99. The molecule has 0 saturated heterocycles. The normalized spacial score (nSPS) is 11.1. The Kier molecular flexibility index (Phi) is 3.87. The predicted molar refractivity (Wildman–Crippen MR) is 76.3 cm³/mol. The van der Waals surface area contributed by atoms with E-state index in [2.05, 4.69) is 44.0 Å². The van der Waals surface area contributed by atoms with Crippen LogP contribution in [-0.2, 0) is 12.0 Å². The first kappa shape index (κ1) is 13.6. The molecule has 2 rings (SSSR count). The first-order chi connectivity index (χ1) is 8.99. The molecule has 0 amide bonds. The van der Waals surface area contributed by atoms with Gasteiger partial charge in [0.2, 0.25) is 0 Å². The molecule has 98 valence electrons. The van der Waals surface area contributed by atoms with E-state index < -0.39 is 0 Å². The predicted octanol–water partition coefficient (Wildman–Crippen LogP) is 3.89. The fourth-order valence-corrected chi connectivity index (χ4v) is 2.25. The van der Waals surface area contributed by atoms with Gasteiger partial charge < -0.3 is 4.74 Å². The summed E-state index contributed by atoms with van der Waals surface area (Å²) in [7, 11) is 0. The maximum Gasteiger partial charge on any atom is 0.140 e. The monoisotopic (exact) mass is 272 g/mol. The third-order valence-electron chi connectivity index (χ3n) is 2.75. The summed E-state index contributed by atoms with van der Waals surface area (Å²) in [5.74, 6) is 0.821. The standard InChI is InChI=1S/C15H16N2OS/c1-15(2,3)11-4-6-12(7-5-11)18-10-14-17-9-13(8-16)19-14/h4-7,9H,10H2,1-3H3. The zero-order valence-corrected chi connectivity index (χ0v) is 12.1. The van der Waals surface area contributed by atoms with E-state index in [4.69, 9.17) is 10.00 Å². The molecule has 0 unspecified atom stereocenters. The number of aromatic nitrogens is 1. The van der Waals surface area contributed by atoms with Crippen LogP contribution in [-0.4, -0.2) is 4.98 Å². The highest BCUT2D eigenvalue weighted by Gasteiger charge is 2.13. The van der Waals surface area contributed by atoms with Gasteiger partial charge in [0.05, 0.1) is 6.20 Å². The van der Waals surface area contributed by atoms with Crippen LogP contribution in [0.15, 0.2) is 30.5 Å². The molecular formula is C15H16N2OS. The molecule has 0 spiro atoms. The summed E-state index contributed by atoms with van der Waals surface area (Å²) in [6.45, 7) is 6.95. The number of benzene rings is 1. The van der Waals surface area contributed by atoms with E-state index in [0.717, 1.165) is 10.8 Å². The van der Waals surface area contributed by atoms with E-state index in [1.165, 1.54) is 16.9 Å². The van der Waals surface area contributed by atoms with Gasteiger partial charge in [-0.25, -0.2) is 4.98 Å². The highest BCUT2D eigenvalue weighted by atomic mass is 32.1. The molecule has 1 aromatic heterocycles. The molecule has 0 aliphatic rings. The number of hydrogen-bond acceptors (Lipinski definition) is 4. The molecule has 4 heteroatoms. The Morgan fingerprint density at radius 3 is 2.47 bits per heavy atom. The minimum Gasteiger partial charge on any atom is -0.486 e. The SMILES string of the molecule is CC(C)(C)c1ccc(OCc2ncc(C#N)s2)cc1. The van der Waals surface area contributed by atoms with Gasteiger partial charge in [-0.2, -0.15) is 5.26 Å². The lowest BCUT2D eigenvalue weighted by Gasteiger charge is -2.19. The van der Waals surface area contributed by atoms with Crippen LogP contribution >= 0.6 is 11.3 Å². The van der Waals surface area contributed by atoms with Crippen LogP contribution < -0.4 is 4.74 Å². The topological polar surface area (TPSA) is 45.9 Å². The third kappa shape index (κ3) is 3.55. The minimum absolute atomic E-state index is 0.148. The number of thiazole rings is 1. The molecule has 0 radical (unpaired) electrons. The molecule has 19 heavy (non-hydrogen) atoms. The van der Waals surface area contributed by atoms with Crippen molar-refractivity contribution in [3.63, 3.8) is 0 Å². The van der Waals surface area contributed by atoms with Crippen molar-refractivity contribution in [2.24, 2.45) is 0 Å². The van der Waals surface area contributed by atoms with Gasteiger partial charge >= 0.3 is 0 Å². The van der Waals surface area contributed by atoms with Gasteiger partial charge in [0, 0.05) is 0 Å². The van der Waals surface area contributed by atoms with Crippen molar-refractivity contribution in [3.05, 3.63) is 45.9 Å². The van der Waals surface area contributed by atoms with Crippen LogP contribution in [0.5, 0.6) is 5.75 Å². The van der Waals surface area contributed by atoms with E-state index in [9.17, 15) is 0 Å². The fraction of sp³-hybridized carbons (Fsp3) is 0.333. The summed E-state index contributed by atoms with van der Waals surface area (Å²) < 4.78 is 5.66. The van der Waals surface area contributed by atoms with Gasteiger partial charge in [-0.1, -0.05) is 32.9 Å². The van der Waals surface area contributed by atoms with Gasteiger partial charge in [-0.15, -0.1) is 11.3 Å². The lowest BCUT2D eigenvalue weighted by Crippen LogP contribution is -2.10. The summed E-state index contributed by atoms with van der Waals surface area (Å²) in [6.07, 6.45) is 1.58. The second kappa shape index (κ2) is 5.41. The van der Waals surface area contributed by atoms with Gasteiger partial charge in [0.15, 0.2) is 0 Å². The summed E-state index contributed by atoms with van der Waals surface area (Å²) in [5.41, 5.74) is 1.43. The molecule has 1 heterocycles. The number of rotatable bonds is 3. The van der Waals surface area contributed by atoms with E-state index in [1.807, 2.05) is 12.1 Å². The Morgan fingerprint density at radius 2 is 1.95 bits per heavy atom. The van der Waals surface area contributed by atoms with Crippen LogP contribution in [0, 0.1) is 11.3 Å². The largest absolute Gasteiger partial charge is 0.486 e. The molecule has 0 fully saturated rings. The molecular weight excluding hydrogens is 256 g/mol. The second-order valence-corrected chi connectivity index (χ2v) is 6.41. The van der Waals surface area contributed by atoms with Gasteiger partial charge in [-0.3, -0.25) is 0 Å². The van der Waals surface area contributed by atoms with Crippen molar-refractivity contribution in [2.75, 3.05) is 0 Å². The van der Waals surface area contributed by atoms with Crippen molar-refractivity contribution in [3.8, 4) is 11.8 Å². The van der Waals surface area contributed by atoms with E-state index >= 15 is 0 Å². The number of hydrogen-bond donors (Lipinski definition) is 0. The van der Waals surface area contributed by atoms with Crippen molar-refractivity contribution >= 4 is 11.3 Å². The van der Waals surface area contributed by atoms with E-state index in [0.29, 0.717) is 11.5 Å². The summed E-state index contributed by atoms with van der Waals surface area (Å²) >= 11 is 1.36. The quantitative estimate of drug-likeness (QED) is 0.851. The smallest absolute Gasteiger partial charge is 0.140 e. The molecule has 0 aliphatic heterocycles. The molecule has 0 saturated carbocycles. The van der Waals surface area contributed by atoms with Gasteiger partial charge in [0.1, 0.15) is 28.3 Å². The Bertz CT molecular complexity index is 588. The Morgan fingerprint density at radius 1 is 1.26 bits per heavy atom. The van der Waals surface area contributed by atoms with E-state index in [-0.39, 0.29) is 5.41 Å². The second-order valence-electron chi connectivity index (χ2n) is 5.29. The lowest BCUT2D eigenvalue weighted by atomic mass is 9.87. The molecule has 0 N–H and O–H groups in total. The highest BCUT2D eigenvalue weighted by molar-refractivity contribution is 7.12. The Hall–Kier alpha value is -1.86. The molecule has 0 bridgehead atoms. The van der Waals surface area contributed by atoms with Crippen molar-refractivity contribution < 1.29 is 4.74 Å². The van der Waals surface area contributed by atoms with Crippen LogP contribution in [0.3, 0.4) is 0 Å². The maximum atomic E-state index is 8.72. The van der Waals surface area contributed by atoms with Crippen LogP contribution in [0.25, 0.3) is 0 Å². The van der Waals surface area contributed by atoms with Gasteiger partial charge in [0.25, 0.3) is 0 Å². The minimum atomic E-state index is 0.148. The van der Waals surface area contributed by atoms with E-state index in [1.54, 1.807) is 6.20 Å². The number of nitrogens with zero attached hydrogens (tertiary/aromatic N) is 2. The van der Waals surface area contributed by atoms with Crippen molar-refractivity contribution in [1.82, 2.24) is 4.98 Å². The molecule has 1 aromatic carbocycles. The summed E-state index contributed by atoms with van der Waals surface area (Å²) in [5, 5.41) is 9.54. The summed E-state index contributed by atoms with van der Waals surface area (Å²) in [6, 6.07) is 10.2. The first-order valence-electron chi connectivity index (χ1n) is 6.07. The molecule has 0 atom stereocenters. The van der Waals surface area contributed by atoms with Crippen LogP contribution in [0.1, 0.15) is 36.2 Å². The van der Waals surface area contributed by atoms with Crippen molar-refractivity contribution in [2.45, 2.75) is 32.8 Å². The van der Waals surface area contributed by atoms with Crippen molar-refractivity contribution in [1.29, 1.82) is 5.26 Å². The lowest BCUT2D eigenvalue weighted by molar-refractivity contribution is 0.305. The molecule has 3 nitrogen and oxygen atoms in total. The maximum absolute atomic E-state index is 8.72. The number of ether oxygens (including phenoxy) is 1. The summed E-state index contributed by atoms with van der Waals surface area (Å²) in [4.78, 5) is 4.74. The third-order valence-corrected chi connectivity index (χ3v) is 3.62. The molecule has 0 aliphatic carbocycles. The highest BCUT2D eigenvalue weighted by Crippen LogP contribution is 2.24. The average molecular weight is 272 g/mol. The number of nitriles is 1. The van der Waals surface area contributed by atoms with Gasteiger partial charge in [-0.05, 0) is 23.1 Å². The molecule has 2 aromatic rings. The van der Waals surface area contributed by atoms with Crippen LogP contribution in [0.4, 0.5) is 0 Å². The van der Waals surface area contributed by atoms with Crippen LogP contribution in [0.2, 0.25) is 0 Å². The first-order valence-corrected chi connectivity index (χ1v) is 6.89. The average Bonchev–Trinajstić information content (AvgIpc) is 2.84. The zero-order valence-electron chi connectivity index (χ0n) is 11.3. The fourth-order valence-electron chi connectivity index (χ4n) is 1.62.